The van der Waals surface area contributed by atoms with Crippen LogP contribution in [-0.4, -0.2) is 21.2 Å². The first-order valence-corrected chi connectivity index (χ1v) is 5.25. The van der Waals surface area contributed by atoms with Gasteiger partial charge in [-0.3, -0.25) is 4.79 Å². The van der Waals surface area contributed by atoms with Gasteiger partial charge in [0.1, 0.15) is 5.92 Å². The quantitative estimate of drug-likeness (QED) is 0.824. The molecule has 5 heteroatoms. The molecular weight excluding hydrogens is 196 g/mol. The van der Waals surface area contributed by atoms with E-state index in [0.29, 0.717) is 11.8 Å². The summed E-state index contributed by atoms with van der Waals surface area (Å²) < 4.78 is 5.10. The fourth-order valence-corrected chi connectivity index (χ4v) is 1.87. The van der Waals surface area contributed by atoms with Crippen molar-refractivity contribution in [1.82, 2.24) is 10.1 Å². The molecule has 1 fully saturated rings. The van der Waals surface area contributed by atoms with Crippen molar-refractivity contribution in [2.45, 2.75) is 44.4 Å². The normalized spacial score (nSPS) is 19.3. The fourth-order valence-electron chi connectivity index (χ4n) is 1.87. The Balaban J connectivity index is 2.12. The molecule has 0 aliphatic heterocycles. The van der Waals surface area contributed by atoms with Crippen LogP contribution >= 0.6 is 0 Å². The molecule has 1 aliphatic rings. The summed E-state index contributed by atoms with van der Waals surface area (Å²) in [5.41, 5.74) is 0. The number of aromatic nitrogens is 2. The van der Waals surface area contributed by atoms with Gasteiger partial charge in [-0.05, 0) is 19.8 Å². The van der Waals surface area contributed by atoms with Crippen LogP contribution in [0.25, 0.3) is 0 Å². The van der Waals surface area contributed by atoms with Crippen LogP contribution in [0.2, 0.25) is 0 Å². The third kappa shape index (κ3) is 2.00. The van der Waals surface area contributed by atoms with Crippen LogP contribution in [0.5, 0.6) is 0 Å². The molecule has 1 aromatic heterocycles. The highest BCUT2D eigenvalue weighted by molar-refractivity contribution is 5.74. The van der Waals surface area contributed by atoms with Crippen molar-refractivity contribution in [2.24, 2.45) is 0 Å². The van der Waals surface area contributed by atoms with Gasteiger partial charge in [0.25, 0.3) is 0 Å². The monoisotopic (exact) mass is 210 g/mol. The van der Waals surface area contributed by atoms with Gasteiger partial charge >= 0.3 is 5.97 Å². The lowest BCUT2D eigenvalue weighted by atomic mass is 10.1. The minimum absolute atomic E-state index is 0.282. The lowest BCUT2D eigenvalue weighted by Gasteiger charge is -2.00. The summed E-state index contributed by atoms with van der Waals surface area (Å²) >= 11 is 0. The molecule has 1 saturated carbocycles. The van der Waals surface area contributed by atoms with Crippen molar-refractivity contribution in [1.29, 1.82) is 0 Å². The Morgan fingerprint density at radius 2 is 2.20 bits per heavy atom. The number of carboxylic acids is 1. The molecule has 0 spiro atoms. The fraction of sp³-hybridized carbons (Fsp3) is 0.700. The van der Waals surface area contributed by atoms with E-state index in [1.54, 1.807) is 6.92 Å². The van der Waals surface area contributed by atoms with Gasteiger partial charge in [-0.15, -0.1) is 0 Å². The molecule has 0 amide bonds. The number of hydrogen-bond donors (Lipinski definition) is 1. The first-order chi connectivity index (χ1) is 7.18. The van der Waals surface area contributed by atoms with Gasteiger partial charge in [0, 0.05) is 5.92 Å². The smallest absolute Gasteiger partial charge is 0.314 e. The SMILES string of the molecule is CC(C(=O)O)c1noc(C2CCCC2)n1. The van der Waals surface area contributed by atoms with Crippen LogP contribution in [0.1, 0.15) is 56.2 Å². The third-order valence-corrected chi connectivity index (χ3v) is 2.92. The molecule has 1 aliphatic carbocycles. The van der Waals surface area contributed by atoms with Crippen molar-refractivity contribution < 1.29 is 14.4 Å². The number of carbonyl (C=O) groups is 1. The van der Waals surface area contributed by atoms with Gasteiger partial charge in [0.05, 0.1) is 0 Å². The van der Waals surface area contributed by atoms with Crippen LogP contribution in [0, 0.1) is 0 Å². The van der Waals surface area contributed by atoms with Crippen molar-refractivity contribution in [3.8, 4) is 0 Å². The second-order valence-corrected chi connectivity index (χ2v) is 4.03. The van der Waals surface area contributed by atoms with E-state index in [1.165, 1.54) is 12.8 Å². The zero-order valence-electron chi connectivity index (χ0n) is 8.64. The van der Waals surface area contributed by atoms with E-state index in [1.807, 2.05) is 0 Å². The molecular formula is C10H14N2O3. The Kier molecular flexibility index (Phi) is 2.70. The average Bonchev–Trinajstić information content (AvgIpc) is 2.86. The van der Waals surface area contributed by atoms with E-state index < -0.39 is 11.9 Å². The topological polar surface area (TPSA) is 76.2 Å². The molecule has 1 aromatic rings. The largest absolute Gasteiger partial charge is 0.481 e. The Bertz CT molecular complexity index is 355. The van der Waals surface area contributed by atoms with Crippen molar-refractivity contribution in [3.05, 3.63) is 11.7 Å². The highest BCUT2D eigenvalue weighted by atomic mass is 16.5. The summed E-state index contributed by atoms with van der Waals surface area (Å²) in [7, 11) is 0. The highest BCUT2D eigenvalue weighted by Gasteiger charge is 2.26. The predicted molar refractivity (Wildman–Crippen MR) is 51.6 cm³/mol. The van der Waals surface area contributed by atoms with Crippen molar-refractivity contribution >= 4 is 5.97 Å². The molecule has 0 bridgehead atoms. The Labute approximate surface area is 87.5 Å². The molecule has 0 radical (unpaired) electrons. The van der Waals surface area contributed by atoms with Gasteiger partial charge in [-0.1, -0.05) is 18.0 Å². The standard InChI is InChI=1S/C10H14N2O3/c1-6(10(13)14)8-11-9(15-12-8)7-4-2-3-5-7/h6-7H,2-5H2,1H3,(H,13,14). The zero-order valence-corrected chi connectivity index (χ0v) is 8.64. The van der Waals surface area contributed by atoms with Crippen molar-refractivity contribution in [3.63, 3.8) is 0 Å². The minimum Gasteiger partial charge on any atom is -0.481 e. The molecule has 15 heavy (non-hydrogen) atoms. The molecule has 1 unspecified atom stereocenters. The van der Waals surface area contributed by atoms with Gasteiger partial charge in [-0.25, -0.2) is 0 Å². The maximum atomic E-state index is 10.7. The van der Waals surface area contributed by atoms with Gasteiger partial charge in [0.15, 0.2) is 5.82 Å². The van der Waals surface area contributed by atoms with E-state index in [9.17, 15) is 4.79 Å². The Hall–Kier alpha value is -1.39. The van der Waals surface area contributed by atoms with Gasteiger partial charge in [0.2, 0.25) is 5.89 Å². The number of rotatable bonds is 3. The third-order valence-electron chi connectivity index (χ3n) is 2.92. The molecule has 1 heterocycles. The molecule has 82 valence electrons. The van der Waals surface area contributed by atoms with Crippen LogP contribution < -0.4 is 0 Å². The Morgan fingerprint density at radius 1 is 1.53 bits per heavy atom. The molecule has 1 atom stereocenters. The summed E-state index contributed by atoms with van der Waals surface area (Å²) in [4.78, 5) is 14.9. The number of aliphatic carboxylic acids is 1. The zero-order chi connectivity index (χ0) is 10.8. The van der Waals surface area contributed by atoms with E-state index in [4.69, 9.17) is 9.63 Å². The van der Waals surface area contributed by atoms with Crippen LogP contribution in [0.15, 0.2) is 4.52 Å². The first kappa shape index (κ1) is 10.1. The second kappa shape index (κ2) is 4.00. The molecule has 1 N–H and O–H groups in total. The Morgan fingerprint density at radius 3 is 2.80 bits per heavy atom. The summed E-state index contributed by atoms with van der Waals surface area (Å²) in [5, 5.41) is 12.5. The van der Waals surface area contributed by atoms with Crippen LogP contribution in [0.4, 0.5) is 0 Å². The molecule has 0 aromatic carbocycles. The molecule has 0 saturated heterocycles. The highest BCUT2D eigenvalue weighted by Crippen LogP contribution is 2.33. The number of carboxylic acid groups (broad SMARTS) is 1. The maximum absolute atomic E-state index is 10.7. The lowest BCUT2D eigenvalue weighted by Crippen LogP contribution is -2.09. The van der Waals surface area contributed by atoms with Crippen LogP contribution in [0.3, 0.4) is 0 Å². The lowest BCUT2D eigenvalue weighted by molar-refractivity contribution is -0.138. The van der Waals surface area contributed by atoms with Gasteiger partial charge in [-0.2, -0.15) is 4.98 Å². The van der Waals surface area contributed by atoms with Crippen LogP contribution in [-0.2, 0) is 4.79 Å². The summed E-state index contributed by atoms with van der Waals surface area (Å²) in [6.07, 6.45) is 4.53. The minimum atomic E-state index is -0.922. The van der Waals surface area contributed by atoms with E-state index in [0.717, 1.165) is 12.8 Å². The van der Waals surface area contributed by atoms with Gasteiger partial charge < -0.3 is 9.63 Å². The maximum Gasteiger partial charge on any atom is 0.314 e. The van der Waals surface area contributed by atoms with Crippen molar-refractivity contribution in [2.75, 3.05) is 0 Å². The number of hydrogen-bond acceptors (Lipinski definition) is 4. The summed E-state index contributed by atoms with van der Waals surface area (Å²) in [5.74, 6) is -0.384. The van der Waals surface area contributed by atoms with E-state index in [2.05, 4.69) is 10.1 Å². The average molecular weight is 210 g/mol. The molecule has 5 nitrogen and oxygen atoms in total. The summed E-state index contributed by atoms with van der Waals surface area (Å²) in [6.45, 7) is 1.56. The summed E-state index contributed by atoms with van der Waals surface area (Å²) in [6, 6.07) is 0. The predicted octanol–water partition coefficient (Wildman–Crippen LogP) is 1.92. The van der Waals surface area contributed by atoms with E-state index >= 15 is 0 Å². The second-order valence-electron chi connectivity index (χ2n) is 4.03. The van der Waals surface area contributed by atoms with E-state index in [-0.39, 0.29) is 5.82 Å². The number of nitrogens with zero attached hydrogens (tertiary/aromatic N) is 2. The first-order valence-electron chi connectivity index (χ1n) is 5.25. The molecule has 2 rings (SSSR count).